The van der Waals surface area contributed by atoms with Gasteiger partial charge in [0.25, 0.3) is 0 Å². The summed E-state index contributed by atoms with van der Waals surface area (Å²) >= 11 is 0. The second-order valence-electron chi connectivity index (χ2n) is 4.20. The average Bonchev–Trinajstić information content (AvgIpc) is 2.74. The second kappa shape index (κ2) is 4.37. The summed E-state index contributed by atoms with van der Waals surface area (Å²) in [7, 11) is 0. The van der Waals surface area contributed by atoms with Crippen LogP contribution in [0.4, 0.5) is 14.5 Å². The van der Waals surface area contributed by atoms with Crippen molar-refractivity contribution in [2.45, 2.75) is 25.9 Å². The molecule has 2 rings (SSSR count). The van der Waals surface area contributed by atoms with Crippen LogP contribution in [0.15, 0.2) is 12.1 Å². The zero-order valence-electron chi connectivity index (χ0n) is 9.21. The summed E-state index contributed by atoms with van der Waals surface area (Å²) in [6.45, 7) is 3.24. The highest BCUT2D eigenvalue weighted by molar-refractivity contribution is 5.55. The van der Waals surface area contributed by atoms with E-state index in [1.54, 1.807) is 6.92 Å². The maximum Gasteiger partial charge on any atom is 0.160 e. The van der Waals surface area contributed by atoms with Crippen LogP contribution in [-0.4, -0.2) is 18.2 Å². The molecule has 0 aromatic heterocycles. The molecule has 16 heavy (non-hydrogen) atoms. The number of halogens is 2. The van der Waals surface area contributed by atoms with E-state index >= 15 is 0 Å². The normalized spacial score (nSPS) is 17.9. The van der Waals surface area contributed by atoms with Crippen LogP contribution in [-0.2, 0) is 0 Å². The van der Waals surface area contributed by atoms with Gasteiger partial charge in [-0.25, -0.2) is 8.78 Å². The Labute approximate surface area is 93.5 Å². The van der Waals surface area contributed by atoms with Gasteiger partial charge in [-0.05, 0) is 25.8 Å². The van der Waals surface area contributed by atoms with Gasteiger partial charge in [-0.3, -0.25) is 0 Å². The number of hydrogen-bond acceptors (Lipinski definition) is 2. The van der Waals surface area contributed by atoms with E-state index < -0.39 is 17.7 Å². The molecule has 1 saturated heterocycles. The lowest BCUT2D eigenvalue weighted by molar-refractivity contribution is 0.199. The van der Waals surface area contributed by atoms with Crippen LogP contribution in [0.3, 0.4) is 0 Å². The van der Waals surface area contributed by atoms with Crippen molar-refractivity contribution in [2.24, 2.45) is 0 Å². The predicted molar refractivity (Wildman–Crippen MR) is 58.4 cm³/mol. The summed E-state index contributed by atoms with van der Waals surface area (Å²) in [6.07, 6.45) is 1.32. The first kappa shape index (κ1) is 11.3. The molecule has 1 atom stereocenters. The number of aliphatic hydroxyl groups excluding tert-OH is 1. The Morgan fingerprint density at radius 2 is 1.75 bits per heavy atom. The van der Waals surface area contributed by atoms with Crippen LogP contribution in [0.1, 0.15) is 31.4 Å². The van der Waals surface area contributed by atoms with Crippen LogP contribution < -0.4 is 4.90 Å². The van der Waals surface area contributed by atoms with E-state index in [1.807, 2.05) is 4.90 Å². The highest BCUT2D eigenvalue weighted by atomic mass is 19.2. The van der Waals surface area contributed by atoms with Crippen molar-refractivity contribution in [3.63, 3.8) is 0 Å². The SMILES string of the molecule is CC(O)c1cc(F)c(F)cc1N1CCCC1. The molecular formula is C12H15F2NO. The minimum Gasteiger partial charge on any atom is -0.389 e. The monoisotopic (exact) mass is 227 g/mol. The molecule has 1 aliphatic rings. The minimum absolute atomic E-state index is 0.459. The molecule has 1 unspecified atom stereocenters. The zero-order valence-corrected chi connectivity index (χ0v) is 9.21. The van der Waals surface area contributed by atoms with E-state index in [0.29, 0.717) is 11.3 Å². The summed E-state index contributed by atoms with van der Waals surface area (Å²) < 4.78 is 26.3. The van der Waals surface area contributed by atoms with E-state index in [4.69, 9.17) is 0 Å². The Balaban J connectivity index is 2.44. The van der Waals surface area contributed by atoms with Crippen LogP contribution in [0.5, 0.6) is 0 Å². The van der Waals surface area contributed by atoms with Crippen molar-refractivity contribution in [1.29, 1.82) is 0 Å². The van der Waals surface area contributed by atoms with E-state index in [9.17, 15) is 13.9 Å². The number of nitrogens with zero attached hydrogens (tertiary/aromatic N) is 1. The van der Waals surface area contributed by atoms with Crippen molar-refractivity contribution in [2.75, 3.05) is 18.0 Å². The number of aliphatic hydroxyl groups is 1. The van der Waals surface area contributed by atoms with Crippen molar-refractivity contribution in [3.05, 3.63) is 29.3 Å². The Bertz CT molecular complexity index is 387. The molecule has 0 amide bonds. The third-order valence-corrected chi connectivity index (χ3v) is 2.97. The largest absolute Gasteiger partial charge is 0.389 e. The summed E-state index contributed by atoms with van der Waals surface area (Å²) in [5, 5.41) is 9.56. The highest BCUT2D eigenvalue weighted by Gasteiger charge is 2.20. The third-order valence-electron chi connectivity index (χ3n) is 2.97. The van der Waals surface area contributed by atoms with Crippen LogP contribution in [0.25, 0.3) is 0 Å². The fraction of sp³-hybridized carbons (Fsp3) is 0.500. The molecule has 2 nitrogen and oxygen atoms in total. The molecule has 0 saturated carbocycles. The first-order chi connectivity index (χ1) is 7.59. The van der Waals surface area contributed by atoms with Gasteiger partial charge in [0, 0.05) is 30.4 Å². The Morgan fingerprint density at radius 3 is 2.31 bits per heavy atom. The maximum atomic E-state index is 13.2. The van der Waals surface area contributed by atoms with E-state index in [0.717, 1.165) is 32.0 Å². The van der Waals surface area contributed by atoms with Gasteiger partial charge in [0.15, 0.2) is 11.6 Å². The molecule has 1 aromatic rings. The molecule has 1 fully saturated rings. The minimum atomic E-state index is -0.904. The second-order valence-corrected chi connectivity index (χ2v) is 4.20. The molecule has 0 spiro atoms. The highest BCUT2D eigenvalue weighted by Crippen LogP contribution is 2.31. The first-order valence-electron chi connectivity index (χ1n) is 5.51. The lowest BCUT2D eigenvalue weighted by Gasteiger charge is -2.22. The van der Waals surface area contributed by atoms with Gasteiger partial charge in [-0.15, -0.1) is 0 Å². The van der Waals surface area contributed by atoms with E-state index in [-0.39, 0.29) is 0 Å². The number of benzene rings is 1. The Morgan fingerprint density at radius 1 is 1.19 bits per heavy atom. The fourth-order valence-corrected chi connectivity index (χ4v) is 2.12. The van der Waals surface area contributed by atoms with Gasteiger partial charge in [0.1, 0.15) is 0 Å². The van der Waals surface area contributed by atoms with Crippen molar-refractivity contribution in [1.82, 2.24) is 0 Å². The molecular weight excluding hydrogens is 212 g/mol. The van der Waals surface area contributed by atoms with Crippen molar-refractivity contribution < 1.29 is 13.9 Å². The molecule has 4 heteroatoms. The average molecular weight is 227 g/mol. The van der Waals surface area contributed by atoms with Crippen molar-refractivity contribution in [3.8, 4) is 0 Å². The smallest absolute Gasteiger partial charge is 0.160 e. The predicted octanol–water partition coefficient (Wildman–Crippen LogP) is 2.62. The first-order valence-corrected chi connectivity index (χ1v) is 5.51. The molecule has 1 aromatic carbocycles. The molecule has 0 bridgehead atoms. The number of anilines is 1. The standard InChI is InChI=1S/C12H15F2NO/c1-8(16)9-6-10(13)11(14)7-12(9)15-4-2-3-5-15/h6-8,16H,2-5H2,1H3. The molecule has 1 aliphatic heterocycles. The van der Waals surface area contributed by atoms with E-state index in [2.05, 4.69) is 0 Å². The number of rotatable bonds is 2. The number of hydrogen-bond donors (Lipinski definition) is 1. The molecule has 1 N–H and O–H groups in total. The lowest BCUT2D eigenvalue weighted by atomic mass is 10.1. The van der Waals surface area contributed by atoms with Crippen molar-refractivity contribution >= 4 is 5.69 Å². The van der Waals surface area contributed by atoms with Gasteiger partial charge in [-0.1, -0.05) is 0 Å². The Kier molecular flexibility index (Phi) is 3.10. The third kappa shape index (κ3) is 2.02. The summed E-state index contributed by atoms with van der Waals surface area (Å²) in [5.74, 6) is -1.76. The maximum absolute atomic E-state index is 13.2. The molecule has 0 aliphatic carbocycles. The van der Waals surface area contributed by atoms with Crippen LogP contribution in [0.2, 0.25) is 0 Å². The zero-order chi connectivity index (χ0) is 11.7. The summed E-state index contributed by atoms with van der Waals surface area (Å²) in [4.78, 5) is 1.99. The van der Waals surface area contributed by atoms with E-state index in [1.165, 1.54) is 6.07 Å². The van der Waals surface area contributed by atoms with Gasteiger partial charge >= 0.3 is 0 Å². The van der Waals surface area contributed by atoms with Gasteiger partial charge in [0.05, 0.1) is 6.10 Å². The van der Waals surface area contributed by atoms with Gasteiger partial charge in [0.2, 0.25) is 0 Å². The Hall–Kier alpha value is -1.16. The molecule has 0 radical (unpaired) electrons. The quantitative estimate of drug-likeness (QED) is 0.839. The van der Waals surface area contributed by atoms with Crippen LogP contribution >= 0.6 is 0 Å². The summed E-state index contributed by atoms with van der Waals surface area (Å²) in [6, 6.07) is 2.27. The molecule has 88 valence electrons. The fourth-order valence-electron chi connectivity index (χ4n) is 2.12. The topological polar surface area (TPSA) is 23.5 Å². The summed E-state index contributed by atoms with van der Waals surface area (Å²) in [5.41, 5.74) is 1.08. The van der Waals surface area contributed by atoms with Gasteiger partial charge in [-0.2, -0.15) is 0 Å². The van der Waals surface area contributed by atoms with Crippen LogP contribution in [0, 0.1) is 11.6 Å². The molecule has 1 heterocycles. The lowest BCUT2D eigenvalue weighted by Crippen LogP contribution is -2.20. The van der Waals surface area contributed by atoms with Gasteiger partial charge < -0.3 is 10.0 Å².